The number of aromatic nitrogens is 6. The fraction of sp³-hybridized carbons (Fsp3) is 0.333. The van der Waals surface area contributed by atoms with Crippen LogP contribution in [0, 0.1) is 0 Å². The summed E-state index contributed by atoms with van der Waals surface area (Å²) in [4.78, 5) is 8.82. The molecule has 4 heterocycles. The number of hydrogen-bond acceptors (Lipinski definition) is 6. The summed E-state index contributed by atoms with van der Waals surface area (Å²) in [6, 6.07) is 2.32. The van der Waals surface area contributed by atoms with Crippen molar-refractivity contribution in [1.82, 2.24) is 34.8 Å². The van der Waals surface area contributed by atoms with Gasteiger partial charge in [0.15, 0.2) is 0 Å². The first-order valence-electron chi connectivity index (χ1n) is 7.62. The monoisotopic (exact) mass is 310 g/mol. The minimum absolute atomic E-state index is 0.429. The second kappa shape index (κ2) is 5.81. The molecule has 0 saturated carbocycles. The van der Waals surface area contributed by atoms with Crippen molar-refractivity contribution in [3.63, 3.8) is 0 Å². The molecule has 1 aliphatic rings. The third kappa shape index (κ3) is 2.93. The zero-order chi connectivity index (χ0) is 15.6. The van der Waals surface area contributed by atoms with E-state index in [2.05, 4.69) is 30.8 Å². The maximum atomic E-state index is 4.56. The van der Waals surface area contributed by atoms with E-state index in [9.17, 15) is 0 Å². The van der Waals surface area contributed by atoms with Gasteiger partial charge in [-0.15, -0.1) is 0 Å². The van der Waals surface area contributed by atoms with E-state index in [4.69, 9.17) is 0 Å². The highest BCUT2D eigenvalue weighted by Gasteiger charge is 2.17. The number of rotatable bonds is 4. The van der Waals surface area contributed by atoms with Gasteiger partial charge >= 0.3 is 0 Å². The number of nitrogens with zero attached hydrogens (tertiary/aromatic N) is 6. The molecular formula is C15H18N8. The summed E-state index contributed by atoms with van der Waals surface area (Å²) in [5, 5.41) is 15.1. The average Bonchev–Trinajstić information content (AvgIpc) is 3.28. The zero-order valence-electron chi connectivity index (χ0n) is 12.8. The zero-order valence-corrected chi connectivity index (χ0v) is 12.8. The molecule has 1 fully saturated rings. The van der Waals surface area contributed by atoms with E-state index in [-0.39, 0.29) is 0 Å². The molecule has 23 heavy (non-hydrogen) atoms. The molecule has 1 aliphatic heterocycles. The first-order chi connectivity index (χ1) is 11.3. The summed E-state index contributed by atoms with van der Waals surface area (Å²) in [7, 11) is 1.87. The lowest BCUT2D eigenvalue weighted by molar-refractivity contribution is 0.491. The van der Waals surface area contributed by atoms with Gasteiger partial charge in [-0.05, 0) is 19.0 Å². The Kier molecular flexibility index (Phi) is 3.51. The van der Waals surface area contributed by atoms with Crippen molar-refractivity contribution >= 4 is 11.6 Å². The van der Waals surface area contributed by atoms with Crippen LogP contribution in [0.4, 0.5) is 11.6 Å². The van der Waals surface area contributed by atoms with Crippen molar-refractivity contribution in [3.8, 4) is 11.3 Å². The topological polar surface area (TPSA) is 85.5 Å². The summed E-state index contributed by atoms with van der Waals surface area (Å²) < 4.78 is 3.75. The van der Waals surface area contributed by atoms with Crippen LogP contribution in [-0.2, 0) is 7.05 Å². The lowest BCUT2D eigenvalue weighted by Crippen LogP contribution is -2.13. The molecule has 4 rings (SSSR count). The van der Waals surface area contributed by atoms with Crippen molar-refractivity contribution in [2.75, 3.05) is 18.4 Å². The third-order valence-electron chi connectivity index (χ3n) is 3.92. The van der Waals surface area contributed by atoms with E-state index in [0.717, 1.165) is 36.5 Å². The highest BCUT2D eigenvalue weighted by atomic mass is 15.3. The van der Waals surface area contributed by atoms with Gasteiger partial charge in [-0.2, -0.15) is 10.2 Å². The second-order valence-corrected chi connectivity index (χ2v) is 5.65. The second-order valence-electron chi connectivity index (χ2n) is 5.65. The quantitative estimate of drug-likeness (QED) is 0.756. The summed E-state index contributed by atoms with van der Waals surface area (Å²) >= 11 is 0. The van der Waals surface area contributed by atoms with Crippen molar-refractivity contribution < 1.29 is 0 Å². The highest BCUT2D eigenvalue weighted by molar-refractivity contribution is 5.60. The molecule has 0 aromatic carbocycles. The standard InChI is InChI=1S/C15H18N8/c1-22-10-12(7-18-22)20-15-17-5-3-14(21-15)11-6-19-23(9-11)13-2-4-16-8-13/h3,5-7,9-10,13,16H,2,4,8H2,1H3,(H,17,20,21). The molecule has 1 saturated heterocycles. The van der Waals surface area contributed by atoms with Gasteiger partial charge < -0.3 is 10.6 Å². The molecule has 8 heteroatoms. The molecule has 2 N–H and O–H groups in total. The van der Waals surface area contributed by atoms with Gasteiger partial charge in [-0.25, -0.2) is 9.97 Å². The Labute approximate surface area is 133 Å². The minimum Gasteiger partial charge on any atom is -0.321 e. The van der Waals surface area contributed by atoms with E-state index >= 15 is 0 Å². The SMILES string of the molecule is Cn1cc(Nc2nccc(-c3cnn(C4CCNC4)c3)n2)cn1. The van der Waals surface area contributed by atoms with Crippen LogP contribution < -0.4 is 10.6 Å². The van der Waals surface area contributed by atoms with Gasteiger partial charge in [0.05, 0.1) is 29.8 Å². The van der Waals surface area contributed by atoms with Crippen LogP contribution in [-0.4, -0.2) is 42.6 Å². The Hall–Kier alpha value is -2.74. The largest absolute Gasteiger partial charge is 0.321 e. The molecule has 118 valence electrons. The normalized spacial score (nSPS) is 17.5. The lowest BCUT2D eigenvalue weighted by atomic mass is 10.2. The van der Waals surface area contributed by atoms with Crippen LogP contribution >= 0.6 is 0 Å². The maximum Gasteiger partial charge on any atom is 0.227 e. The minimum atomic E-state index is 0.429. The summed E-state index contributed by atoms with van der Waals surface area (Å²) in [6.07, 6.45) is 10.4. The fourth-order valence-corrected chi connectivity index (χ4v) is 2.73. The van der Waals surface area contributed by atoms with E-state index in [1.807, 2.05) is 36.4 Å². The average molecular weight is 310 g/mol. The number of aryl methyl sites for hydroxylation is 1. The number of nitrogens with one attached hydrogen (secondary N) is 2. The predicted octanol–water partition coefficient (Wildman–Crippen LogP) is 1.35. The van der Waals surface area contributed by atoms with E-state index < -0.39 is 0 Å². The first-order valence-corrected chi connectivity index (χ1v) is 7.62. The number of hydrogen-bond donors (Lipinski definition) is 2. The maximum absolute atomic E-state index is 4.56. The lowest BCUT2D eigenvalue weighted by Gasteiger charge is -2.07. The summed E-state index contributed by atoms with van der Waals surface area (Å²) in [5.74, 6) is 0.547. The van der Waals surface area contributed by atoms with Gasteiger partial charge in [0.25, 0.3) is 0 Å². The molecule has 1 unspecified atom stereocenters. The van der Waals surface area contributed by atoms with Crippen LogP contribution in [0.5, 0.6) is 0 Å². The third-order valence-corrected chi connectivity index (χ3v) is 3.92. The van der Waals surface area contributed by atoms with Crippen molar-refractivity contribution in [3.05, 3.63) is 37.1 Å². The number of anilines is 2. The molecular weight excluding hydrogens is 292 g/mol. The first kappa shape index (κ1) is 13.9. The summed E-state index contributed by atoms with van der Waals surface area (Å²) in [5.41, 5.74) is 2.70. The van der Waals surface area contributed by atoms with Crippen LogP contribution in [0.25, 0.3) is 11.3 Å². The Morgan fingerprint density at radius 3 is 3.00 bits per heavy atom. The Morgan fingerprint density at radius 1 is 1.26 bits per heavy atom. The fourth-order valence-electron chi connectivity index (χ4n) is 2.73. The van der Waals surface area contributed by atoms with Gasteiger partial charge in [-0.1, -0.05) is 0 Å². The smallest absolute Gasteiger partial charge is 0.227 e. The van der Waals surface area contributed by atoms with Crippen molar-refractivity contribution in [1.29, 1.82) is 0 Å². The van der Waals surface area contributed by atoms with E-state index in [1.54, 1.807) is 17.1 Å². The Balaban J connectivity index is 1.56. The molecule has 0 aliphatic carbocycles. The van der Waals surface area contributed by atoms with Gasteiger partial charge in [-0.3, -0.25) is 9.36 Å². The van der Waals surface area contributed by atoms with E-state index in [0.29, 0.717) is 12.0 Å². The molecule has 0 radical (unpaired) electrons. The predicted molar refractivity (Wildman–Crippen MR) is 86.3 cm³/mol. The van der Waals surface area contributed by atoms with Crippen molar-refractivity contribution in [2.45, 2.75) is 12.5 Å². The Morgan fingerprint density at radius 2 is 2.22 bits per heavy atom. The Bertz CT molecular complexity index is 799. The molecule has 1 atom stereocenters. The van der Waals surface area contributed by atoms with Crippen LogP contribution in [0.2, 0.25) is 0 Å². The van der Waals surface area contributed by atoms with Gasteiger partial charge in [0.2, 0.25) is 5.95 Å². The van der Waals surface area contributed by atoms with Gasteiger partial charge in [0, 0.05) is 37.7 Å². The van der Waals surface area contributed by atoms with Crippen LogP contribution in [0.15, 0.2) is 37.1 Å². The summed E-state index contributed by atoms with van der Waals surface area (Å²) in [6.45, 7) is 2.02. The molecule has 0 bridgehead atoms. The molecule has 3 aromatic heterocycles. The van der Waals surface area contributed by atoms with Crippen LogP contribution in [0.1, 0.15) is 12.5 Å². The molecule has 0 spiro atoms. The molecule has 3 aromatic rings. The molecule has 0 amide bonds. The van der Waals surface area contributed by atoms with Gasteiger partial charge in [0.1, 0.15) is 0 Å². The van der Waals surface area contributed by atoms with Crippen molar-refractivity contribution in [2.24, 2.45) is 7.05 Å². The van der Waals surface area contributed by atoms with E-state index in [1.165, 1.54) is 0 Å². The molecule has 8 nitrogen and oxygen atoms in total. The van der Waals surface area contributed by atoms with Crippen LogP contribution in [0.3, 0.4) is 0 Å². The highest BCUT2D eigenvalue weighted by Crippen LogP contribution is 2.21.